The maximum absolute atomic E-state index is 8.27. The van der Waals surface area contributed by atoms with Gasteiger partial charge in [0.1, 0.15) is 0 Å². The number of nitrogens with zero attached hydrogens (tertiary/aromatic N) is 1. The van der Waals surface area contributed by atoms with E-state index in [9.17, 15) is 0 Å². The molecule has 0 radical (unpaired) electrons. The zero-order valence-corrected chi connectivity index (χ0v) is 8.78. The van der Waals surface area contributed by atoms with Crippen molar-refractivity contribution in [2.75, 3.05) is 0 Å². The van der Waals surface area contributed by atoms with Crippen LogP contribution in [0.5, 0.6) is 0 Å². The molecular weight excluding hydrogens is 170 g/mol. The first-order valence-electron chi connectivity index (χ1n) is 5.19. The normalized spacial score (nSPS) is 10.8. The average Bonchev–Trinajstić information content (AvgIpc) is 2.21. The summed E-state index contributed by atoms with van der Waals surface area (Å²) < 4.78 is 0. The van der Waals surface area contributed by atoms with Crippen LogP contribution in [0.3, 0.4) is 0 Å². The third kappa shape index (κ3) is 10.7. The van der Waals surface area contributed by atoms with Gasteiger partial charge in [-0.05, 0) is 32.1 Å². The van der Waals surface area contributed by atoms with E-state index in [2.05, 4.69) is 30.9 Å². The Morgan fingerprint density at radius 2 is 1.57 bits per heavy atom. The third-order valence-electron chi connectivity index (χ3n) is 1.82. The van der Waals surface area contributed by atoms with Crippen LogP contribution in [-0.2, 0) is 0 Å². The van der Waals surface area contributed by atoms with Crippen molar-refractivity contribution in [2.24, 2.45) is 0 Å². The van der Waals surface area contributed by atoms with E-state index in [1.807, 2.05) is 12.2 Å². The second-order valence-corrected chi connectivity index (χ2v) is 3.10. The van der Waals surface area contributed by atoms with Crippen molar-refractivity contribution < 1.29 is 0 Å². The molecule has 0 aromatic carbocycles. The number of allylic oxidation sites excluding steroid dienone is 5. The number of hydrogen-bond donors (Lipinski definition) is 0. The fourth-order valence-corrected chi connectivity index (χ4v) is 1.06. The van der Waals surface area contributed by atoms with Gasteiger partial charge in [-0.1, -0.05) is 30.4 Å². The lowest BCUT2D eigenvalue weighted by Gasteiger charge is -1.90. The summed E-state index contributed by atoms with van der Waals surface area (Å²) in [5, 5.41) is 8.27. The first-order valence-corrected chi connectivity index (χ1v) is 5.19. The fraction of sp³-hybridized carbons (Fsp3) is 0.462. The monoisotopic (exact) mass is 189 g/mol. The highest BCUT2D eigenvalue weighted by Crippen LogP contribution is 2.00. The molecule has 1 nitrogen and oxygen atoms in total. The minimum absolute atomic E-state index is 0.537. The van der Waals surface area contributed by atoms with Crippen LogP contribution in [0, 0.1) is 11.3 Å². The maximum atomic E-state index is 8.27. The van der Waals surface area contributed by atoms with Gasteiger partial charge in [0.15, 0.2) is 0 Å². The van der Waals surface area contributed by atoms with E-state index in [0.29, 0.717) is 6.42 Å². The van der Waals surface area contributed by atoms with E-state index in [4.69, 9.17) is 5.26 Å². The van der Waals surface area contributed by atoms with Crippen molar-refractivity contribution >= 4 is 0 Å². The van der Waals surface area contributed by atoms with Crippen molar-refractivity contribution in [3.8, 4) is 6.07 Å². The van der Waals surface area contributed by atoms with Crippen LogP contribution in [-0.4, -0.2) is 0 Å². The average molecular weight is 189 g/mol. The van der Waals surface area contributed by atoms with Crippen LogP contribution in [0.1, 0.15) is 38.5 Å². The highest BCUT2D eigenvalue weighted by molar-refractivity contribution is 4.91. The zero-order valence-electron chi connectivity index (χ0n) is 8.78. The number of rotatable bonds is 8. The van der Waals surface area contributed by atoms with E-state index < -0.39 is 0 Å². The van der Waals surface area contributed by atoms with Gasteiger partial charge in [0.2, 0.25) is 0 Å². The molecule has 0 aliphatic rings. The predicted molar refractivity (Wildman–Crippen MR) is 61.8 cm³/mol. The lowest BCUT2D eigenvalue weighted by Crippen LogP contribution is -1.70. The van der Waals surface area contributed by atoms with Gasteiger partial charge in [-0.15, -0.1) is 6.58 Å². The summed E-state index contributed by atoms with van der Waals surface area (Å²) in [5.41, 5.74) is 0. The van der Waals surface area contributed by atoms with Crippen molar-refractivity contribution in [3.63, 3.8) is 0 Å². The van der Waals surface area contributed by atoms with Gasteiger partial charge in [0.25, 0.3) is 0 Å². The van der Waals surface area contributed by atoms with Crippen LogP contribution >= 0.6 is 0 Å². The maximum Gasteiger partial charge on any atom is 0.0663 e. The Labute approximate surface area is 87.4 Å². The topological polar surface area (TPSA) is 23.8 Å². The summed E-state index contributed by atoms with van der Waals surface area (Å²) >= 11 is 0. The highest BCUT2D eigenvalue weighted by atomic mass is 14.2. The van der Waals surface area contributed by atoms with Crippen LogP contribution in [0.25, 0.3) is 0 Å². The summed E-state index contributed by atoms with van der Waals surface area (Å²) in [7, 11) is 0. The highest BCUT2D eigenvalue weighted by Gasteiger charge is 1.80. The Balaban J connectivity index is 3.17. The molecular formula is C13H19N. The van der Waals surface area contributed by atoms with E-state index >= 15 is 0 Å². The molecule has 0 rings (SSSR count). The smallest absolute Gasteiger partial charge is 0.0663 e. The molecule has 0 aromatic rings. The number of nitriles is 1. The molecule has 0 atom stereocenters. The minimum Gasteiger partial charge on any atom is -0.198 e. The lowest BCUT2D eigenvalue weighted by molar-refractivity contribution is 0.861. The largest absolute Gasteiger partial charge is 0.198 e. The fourth-order valence-electron chi connectivity index (χ4n) is 1.06. The van der Waals surface area contributed by atoms with E-state index in [1.165, 1.54) is 6.42 Å². The van der Waals surface area contributed by atoms with Gasteiger partial charge >= 0.3 is 0 Å². The Kier molecular flexibility index (Phi) is 10.6. The van der Waals surface area contributed by atoms with Gasteiger partial charge in [0, 0.05) is 0 Å². The van der Waals surface area contributed by atoms with Gasteiger partial charge in [-0.2, -0.15) is 5.26 Å². The van der Waals surface area contributed by atoms with Gasteiger partial charge < -0.3 is 0 Å². The van der Waals surface area contributed by atoms with Crippen LogP contribution in [0.15, 0.2) is 37.0 Å². The Morgan fingerprint density at radius 1 is 0.929 bits per heavy atom. The number of hydrogen-bond acceptors (Lipinski definition) is 1. The van der Waals surface area contributed by atoms with Crippen molar-refractivity contribution in [2.45, 2.75) is 38.5 Å². The molecule has 0 bridgehead atoms. The first-order chi connectivity index (χ1) is 6.91. The molecule has 14 heavy (non-hydrogen) atoms. The van der Waals surface area contributed by atoms with E-state index in [1.54, 1.807) is 0 Å². The second kappa shape index (κ2) is 11.7. The molecule has 0 amide bonds. The summed E-state index contributed by atoms with van der Waals surface area (Å²) in [6.07, 6.45) is 16.5. The first kappa shape index (κ1) is 12.7. The Morgan fingerprint density at radius 3 is 2.21 bits per heavy atom. The molecule has 0 saturated heterocycles. The van der Waals surface area contributed by atoms with Gasteiger partial charge in [-0.25, -0.2) is 0 Å². The molecule has 0 aromatic heterocycles. The third-order valence-corrected chi connectivity index (χ3v) is 1.82. The Hall–Kier alpha value is -1.29. The zero-order chi connectivity index (χ0) is 10.5. The molecule has 0 N–H and O–H groups in total. The number of unbranched alkanes of at least 4 members (excludes halogenated alkanes) is 3. The molecule has 0 unspecified atom stereocenters. The predicted octanol–water partition coefficient (Wildman–Crippen LogP) is 4.15. The lowest BCUT2D eigenvalue weighted by atomic mass is 10.2. The van der Waals surface area contributed by atoms with Crippen molar-refractivity contribution in [1.29, 1.82) is 5.26 Å². The van der Waals surface area contributed by atoms with Crippen LogP contribution in [0.2, 0.25) is 0 Å². The van der Waals surface area contributed by atoms with Crippen molar-refractivity contribution in [1.82, 2.24) is 0 Å². The molecule has 0 heterocycles. The molecule has 0 fully saturated rings. The quantitative estimate of drug-likeness (QED) is 0.415. The molecule has 0 saturated carbocycles. The minimum atomic E-state index is 0.537. The van der Waals surface area contributed by atoms with Gasteiger partial charge in [-0.3, -0.25) is 0 Å². The van der Waals surface area contributed by atoms with Crippen molar-refractivity contribution in [3.05, 3.63) is 37.0 Å². The van der Waals surface area contributed by atoms with Crippen LogP contribution in [0.4, 0.5) is 0 Å². The SMILES string of the molecule is C=CCC/C=C/CCC/C=C/CC#N. The summed E-state index contributed by atoms with van der Waals surface area (Å²) in [4.78, 5) is 0. The standard InChI is InChI=1S/C13H19N/c1-2-3-4-5-6-7-8-9-10-11-12-13-14/h2,5-6,10-11H,1,3-4,7-9,12H2/b6-5+,11-10+. The van der Waals surface area contributed by atoms with E-state index in [-0.39, 0.29) is 0 Å². The molecule has 1 heteroatoms. The Bertz CT molecular complexity index is 218. The molecule has 76 valence electrons. The summed E-state index contributed by atoms with van der Waals surface area (Å²) in [5.74, 6) is 0. The second-order valence-electron chi connectivity index (χ2n) is 3.10. The molecule has 0 aliphatic heterocycles. The molecule has 0 aliphatic carbocycles. The van der Waals surface area contributed by atoms with Gasteiger partial charge in [0.05, 0.1) is 12.5 Å². The molecule has 0 spiro atoms. The summed E-state index contributed by atoms with van der Waals surface area (Å²) in [6, 6.07) is 2.08. The van der Waals surface area contributed by atoms with Crippen LogP contribution < -0.4 is 0 Å². The van der Waals surface area contributed by atoms with E-state index in [0.717, 1.165) is 25.7 Å². The summed E-state index contributed by atoms with van der Waals surface area (Å²) in [6.45, 7) is 3.67.